The highest BCUT2D eigenvalue weighted by Crippen LogP contribution is 2.41. The first kappa shape index (κ1) is 25.0. The van der Waals surface area contributed by atoms with Crippen LogP contribution >= 0.6 is 0 Å². The Morgan fingerprint density at radius 2 is 1.71 bits per heavy atom. The summed E-state index contributed by atoms with van der Waals surface area (Å²) in [5.74, 6) is 1.14. The van der Waals surface area contributed by atoms with Crippen LogP contribution in [-0.2, 0) is 13.2 Å². The average molecular weight is 523 g/mol. The van der Waals surface area contributed by atoms with E-state index in [1.165, 1.54) is 12.1 Å². The van der Waals surface area contributed by atoms with Gasteiger partial charge >= 0.3 is 6.18 Å². The summed E-state index contributed by atoms with van der Waals surface area (Å²) in [6, 6.07) is 12.8. The van der Waals surface area contributed by atoms with Crippen molar-refractivity contribution >= 4 is 27.5 Å². The van der Waals surface area contributed by atoms with Gasteiger partial charge in [0.25, 0.3) is 0 Å². The lowest BCUT2D eigenvalue weighted by atomic mass is 9.81. The van der Waals surface area contributed by atoms with Gasteiger partial charge in [0.2, 0.25) is 0 Å². The minimum absolute atomic E-state index is 0.300. The maximum Gasteiger partial charge on any atom is 0.416 e. The molecule has 200 valence electrons. The molecule has 1 aliphatic carbocycles. The number of alkyl halides is 3. The first-order chi connectivity index (χ1) is 18.3. The number of halogens is 3. The minimum atomic E-state index is -4.33. The molecule has 0 unspecified atom stereocenters. The zero-order chi connectivity index (χ0) is 26.4. The molecule has 2 aromatic heterocycles. The molecule has 0 bridgehead atoms. The Morgan fingerprint density at radius 1 is 0.947 bits per heavy atom. The minimum Gasteiger partial charge on any atom is -0.497 e. The molecule has 3 heterocycles. The Kier molecular flexibility index (Phi) is 6.46. The molecule has 0 radical (unpaired) electrons. The van der Waals surface area contributed by atoms with E-state index < -0.39 is 11.7 Å². The third kappa shape index (κ3) is 4.59. The molecule has 2 aromatic carbocycles. The zero-order valence-corrected chi connectivity index (χ0v) is 21.8. The standard InChI is InChI=1S/C30H33F3N4O/c1-35-19-26(25-17-22(30(31,32)33)7-10-27(25)35)20-5-8-23(9-6-20)36-12-14-37(15-13-36)28-18-24(38-2)16-21-4-3-11-34-29(21)28/h3-4,7,10-11,16-20,23H,5-6,8-9,12-15H2,1-2H3/t20-,23-. The topological polar surface area (TPSA) is 33.5 Å². The molecule has 1 aliphatic heterocycles. The highest BCUT2D eigenvalue weighted by atomic mass is 19.4. The van der Waals surface area contributed by atoms with E-state index in [9.17, 15) is 13.2 Å². The number of benzene rings is 2. The largest absolute Gasteiger partial charge is 0.497 e. The molecule has 5 nitrogen and oxygen atoms in total. The Bertz CT molecular complexity index is 1450. The van der Waals surface area contributed by atoms with E-state index in [1.807, 2.05) is 36.1 Å². The molecule has 0 amide bonds. The highest BCUT2D eigenvalue weighted by Gasteiger charge is 2.33. The van der Waals surface area contributed by atoms with Gasteiger partial charge in [0, 0.05) is 74.0 Å². The van der Waals surface area contributed by atoms with Crippen LogP contribution in [0.2, 0.25) is 0 Å². The van der Waals surface area contributed by atoms with Crippen molar-refractivity contribution in [3.05, 3.63) is 66.0 Å². The predicted molar refractivity (Wildman–Crippen MR) is 145 cm³/mol. The van der Waals surface area contributed by atoms with Crippen molar-refractivity contribution in [3.8, 4) is 5.75 Å². The molecule has 0 spiro atoms. The predicted octanol–water partition coefficient (Wildman–Crippen LogP) is 6.60. The molecule has 2 aliphatic rings. The number of hydrogen-bond donors (Lipinski definition) is 0. The third-order valence-electron chi connectivity index (χ3n) is 8.55. The van der Waals surface area contributed by atoms with Crippen LogP contribution in [0.1, 0.15) is 42.7 Å². The van der Waals surface area contributed by atoms with Crippen LogP contribution in [0.3, 0.4) is 0 Å². The van der Waals surface area contributed by atoms with Gasteiger partial charge in [-0.1, -0.05) is 6.07 Å². The summed E-state index contributed by atoms with van der Waals surface area (Å²) in [7, 11) is 3.62. The zero-order valence-electron chi connectivity index (χ0n) is 21.8. The Hall–Kier alpha value is -3.26. The van der Waals surface area contributed by atoms with Gasteiger partial charge < -0.3 is 14.2 Å². The van der Waals surface area contributed by atoms with Crippen molar-refractivity contribution in [2.24, 2.45) is 7.05 Å². The van der Waals surface area contributed by atoms with Crippen LogP contribution in [0.4, 0.5) is 18.9 Å². The van der Waals surface area contributed by atoms with Gasteiger partial charge in [0.05, 0.1) is 23.9 Å². The van der Waals surface area contributed by atoms with E-state index in [2.05, 4.69) is 26.9 Å². The molecule has 0 atom stereocenters. The molecule has 0 N–H and O–H groups in total. The third-order valence-corrected chi connectivity index (χ3v) is 8.55. The monoisotopic (exact) mass is 522 g/mol. The van der Waals surface area contributed by atoms with E-state index in [0.29, 0.717) is 12.0 Å². The molecular formula is C30H33F3N4O. The molecule has 8 heteroatoms. The SMILES string of the molecule is COc1cc(N2CCN([C@H]3CC[C@H](c4cn(C)c5ccc(C(F)(F)F)cc54)CC3)CC2)c2ncccc2c1. The number of piperazine rings is 1. The van der Waals surface area contributed by atoms with E-state index in [4.69, 9.17) is 4.74 Å². The van der Waals surface area contributed by atoms with Crippen LogP contribution < -0.4 is 9.64 Å². The number of aromatic nitrogens is 2. The Labute approximate surface area is 220 Å². The van der Waals surface area contributed by atoms with Gasteiger partial charge in [0.1, 0.15) is 5.75 Å². The summed E-state index contributed by atoms with van der Waals surface area (Å²) in [6.07, 6.45) is 3.71. The maximum absolute atomic E-state index is 13.4. The van der Waals surface area contributed by atoms with E-state index >= 15 is 0 Å². The van der Waals surface area contributed by atoms with Gasteiger partial charge in [-0.3, -0.25) is 9.88 Å². The second-order valence-electron chi connectivity index (χ2n) is 10.7. The van der Waals surface area contributed by atoms with Gasteiger partial charge in [-0.25, -0.2) is 0 Å². The van der Waals surface area contributed by atoms with Crippen molar-refractivity contribution in [2.75, 3.05) is 38.2 Å². The molecule has 1 saturated carbocycles. The second kappa shape index (κ2) is 9.80. The van der Waals surface area contributed by atoms with Crippen molar-refractivity contribution in [1.82, 2.24) is 14.5 Å². The molecule has 2 fully saturated rings. The summed E-state index contributed by atoms with van der Waals surface area (Å²) in [4.78, 5) is 9.66. The summed E-state index contributed by atoms with van der Waals surface area (Å²) >= 11 is 0. The van der Waals surface area contributed by atoms with Crippen LogP contribution in [0, 0.1) is 0 Å². The van der Waals surface area contributed by atoms with E-state index in [-0.39, 0.29) is 0 Å². The van der Waals surface area contributed by atoms with Crippen LogP contribution in [0.15, 0.2) is 54.9 Å². The normalized spacial score (nSPS) is 21.3. The van der Waals surface area contributed by atoms with Gasteiger partial charge in [-0.2, -0.15) is 13.2 Å². The molecule has 38 heavy (non-hydrogen) atoms. The Balaban J connectivity index is 1.12. The quantitative estimate of drug-likeness (QED) is 0.302. The number of nitrogens with zero attached hydrogens (tertiary/aromatic N) is 4. The summed E-state index contributed by atoms with van der Waals surface area (Å²) in [5, 5.41) is 1.83. The van der Waals surface area contributed by atoms with Gasteiger partial charge in [-0.05, 0) is 67.5 Å². The molecule has 6 rings (SSSR count). The van der Waals surface area contributed by atoms with Crippen molar-refractivity contribution in [2.45, 2.75) is 43.8 Å². The number of pyridine rings is 1. The van der Waals surface area contributed by atoms with Crippen molar-refractivity contribution < 1.29 is 17.9 Å². The number of rotatable bonds is 4. The lowest BCUT2D eigenvalue weighted by molar-refractivity contribution is -0.137. The maximum atomic E-state index is 13.4. The fraction of sp³-hybridized carbons (Fsp3) is 0.433. The number of anilines is 1. The van der Waals surface area contributed by atoms with Crippen molar-refractivity contribution in [1.29, 1.82) is 0 Å². The summed E-state index contributed by atoms with van der Waals surface area (Å²) in [5.41, 5.74) is 3.49. The first-order valence-corrected chi connectivity index (χ1v) is 13.4. The number of aryl methyl sites for hydroxylation is 1. The lowest BCUT2D eigenvalue weighted by Gasteiger charge is -2.42. The van der Waals surface area contributed by atoms with Crippen LogP contribution in [0.25, 0.3) is 21.8 Å². The van der Waals surface area contributed by atoms with E-state index in [1.54, 1.807) is 13.2 Å². The number of methoxy groups -OCH3 is 1. The summed E-state index contributed by atoms with van der Waals surface area (Å²) < 4.78 is 47.6. The highest BCUT2D eigenvalue weighted by molar-refractivity contribution is 5.92. The lowest BCUT2D eigenvalue weighted by Crippen LogP contribution is -2.51. The fourth-order valence-corrected chi connectivity index (χ4v) is 6.51. The average Bonchev–Trinajstić information content (AvgIpc) is 3.28. The van der Waals surface area contributed by atoms with Gasteiger partial charge in [0.15, 0.2) is 0 Å². The Morgan fingerprint density at radius 3 is 2.42 bits per heavy atom. The number of hydrogen-bond acceptors (Lipinski definition) is 4. The van der Waals surface area contributed by atoms with Gasteiger partial charge in [-0.15, -0.1) is 0 Å². The molecule has 4 aromatic rings. The van der Waals surface area contributed by atoms with Crippen LogP contribution in [0.5, 0.6) is 5.75 Å². The van der Waals surface area contributed by atoms with Crippen LogP contribution in [-0.4, -0.2) is 53.8 Å². The number of ether oxygens (including phenoxy) is 1. The molecular weight excluding hydrogens is 489 g/mol. The first-order valence-electron chi connectivity index (χ1n) is 13.4. The molecule has 1 saturated heterocycles. The smallest absolute Gasteiger partial charge is 0.416 e. The number of fused-ring (bicyclic) bond motifs is 2. The summed E-state index contributed by atoms with van der Waals surface area (Å²) in [6.45, 7) is 3.85. The second-order valence-corrected chi connectivity index (χ2v) is 10.7. The fourth-order valence-electron chi connectivity index (χ4n) is 6.51. The van der Waals surface area contributed by atoms with E-state index in [0.717, 1.165) is 90.7 Å². The van der Waals surface area contributed by atoms with Crippen molar-refractivity contribution in [3.63, 3.8) is 0 Å².